The molecule has 1 aliphatic rings. The maximum atomic E-state index is 13.0. The van der Waals surface area contributed by atoms with E-state index >= 15 is 0 Å². The Kier molecular flexibility index (Phi) is 5.50. The number of rotatable bonds is 6. The molecule has 1 atom stereocenters. The summed E-state index contributed by atoms with van der Waals surface area (Å²) >= 11 is 0. The van der Waals surface area contributed by atoms with Crippen molar-refractivity contribution in [2.24, 2.45) is 0 Å². The van der Waals surface area contributed by atoms with Crippen molar-refractivity contribution in [2.75, 3.05) is 13.1 Å². The monoisotopic (exact) mass is 378 g/mol. The summed E-state index contributed by atoms with van der Waals surface area (Å²) in [5.74, 6) is 1.67. The largest absolute Gasteiger partial charge is 0.341 e. The lowest BCUT2D eigenvalue weighted by atomic mass is 9.95. The number of aromatic nitrogens is 5. The summed E-state index contributed by atoms with van der Waals surface area (Å²) in [5, 5.41) is 4.26. The van der Waals surface area contributed by atoms with E-state index in [1.807, 2.05) is 61.0 Å². The predicted octanol–water partition coefficient (Wildman–Crippen LogP) is 2.88. The average molecular weight is 378 g/mol. The van der Waals surface area contributed by atoms with Gasteiger partial charge in [-0.25, -0.2) is 4.98 Å². The first kappa shape index (κ1) is 18.4. The third-order valence-corrected chi connectivity index (χ3v) is 5.54. The van der Waals surface area contributed by atoms with Gasteiger partial charge < -0.3 is 9.47 Å². The van der Waals surface area contributed by atoms with Crippen molar-refractivity contribution in [3.8, 4) is 0 Å². The summed E-state index contributed by atoms with van der Waals surface area (Å²) in [6.45, 7) is 4.37. The molecule has 0 spiro atoms. The lowest BCUT2D eigenvalue weighted by Gasteiger charge is -2.34. The number of imidazole rings is 1. The van der Waals surface area contributed by atoms with Gasteiger partial charge in [0.05, 0.1) is 0 Å². The van der Waals surface area contributed by atoms with Gasteiger partial charge in [-0.1, -0.05) is 6.92 Å². The molecule has 1 amide bonds. The minimum atomic E-state index is -0.208. The molecule has 28 heavy (non-hydrogen) atoms. The van der Waals surface area contributed by atoms with E-state index in [0.717, 1.165) is 44.7 Å². The summed E-state index contributed by atoms with van der Waals surface area (Å²) in [6.07, 6.45) is 13.8. The molecule has 4 rings (SSSR count). The minimum Gasteiger partial charge on any atom is -0.341 e. The topological polar surface area (TPSA) is 68.8 Å². The smallest absolute Gasteiger partial charge is 0.247 e. The second-order valence-electron chi connectivity index (χ2n) is 7.28. The molecule has 3 aromatic heterocycles. The van der Waals surface area contributed by atoms with Crippen LogP contribution in [0.5, 0.6) is 0 Å². The Balaban J connectivity index is 1.40. The molecule has 1 fully saturated rings. The molecule has 3 aromatic rings. The molecule has 1 aliphatic heterocycles. The van der Waals surface area contributed by atoms with E-state index in [9.17, 15) is 4.79 Å². The van der Waals surface area contributed by atoms with E-state index in [1.54, 1.807) is 10.9 Å². The van der Waals surface area contributed by atoms with E-state index in [1.165, 1.54) is 5.56 Å². The molecular formula is C21H26N6O. The predicted molar refractivity (Wildman–Crippen MR) is 106 cm³/mol. The van der Waals surface area contributed by atoms with Gasteiger partial charge in [0.25, 0.3) is 0 Å². The van der Waals surface area contributed by atoms with Crippen LogP contribution in [0.15, 0.2) is 55.4 Å². The summed E-state index contributed by atoms with van der Waals surface area (Å²) < 4.78 is 3.99. The molecule has 4 heterocycles. The van der Waals surface area contributed by atoms with Crippen molar-refractivity contribution in [3.63, 3.8) is 0 Å². The average Bonchev–Trinajstić information content (AvgIpc) is 3.42. The first-order valence-corrected chi connectivity index (χ1v) is 9.94. The highest BCUT2D eigenvalue weighted by Gasteiger charge is 2.30. The maximum absolute atomic E-state index is 13.0. The lowest BCUT2D eigenvalue weighted by Crippen LogP contribution is -2.42. The third kappa shape index (κ3) is 3.83. The van der Waals surface area contributed by atoms with Crippen LogP contribution in [-0.2, 0) is 11.3 Å². The molecule has 0 saturated carbocycles. The van der Waals surface area contributed by atoms with E-state index in [4.69, 9.17) is 0 Å². The molecule has 0 radical (unpaired) electrons. The molecule has 146 valence electrons. The zero-order chi connectivity index (χ0) is 19.3. The highest BCUT2D eigenvalue weighted by molar-refractivity contribution is 5.80. The Morgan fingerprint density at radius 2 is 1.93 bits per heavy atom. The van der Waals surface area contributed by atoms with Crippen LogP contribution in [0.3, 0.4) is 0 Å². The number of hydrogen-bond donors (Lipinski definition) is 0. The molecule has 0 N–H and O–H groups in total. The van der Waals surface area contributed by atoms with Gasteiger partial charge in [0.1, 0.15) is 11.9 Å². The van der Waals surface area contributed by atoms with Crippen molar-refractivity contribution in [3.05, 3.63) is 66.8 Å². The molecule has 0 bridgehead atoms. The Morgan fingerprint density at radius 3 is 2.61 bits per heavy atom. The number of carbonyl (C=O) groups excluding carboxylic acids is 1. The summed E-state index contributed by atoms with van der Waals surface area (Å²) in [5.41, 5.74) is 1.21. The second kappa shape index (κ2) is 8.37. The highest BCUT2D eigenvalue weighted by atomic mass is 16.2. The number of hydrogen-bond acceptors (Lipinski definition) is 4. The van der Waals surface area contributed by atoms with Gasteiger partial charge in [-0.15, -0.1) is 0 Å². The van der Waals surface area contributed by atoms with Gasteiger partial charge in [0.15, 0.2) is 0 Å². The number of amides is 1. The van der Waals surface area contributed by atoms with Crippen LogP contribution in [0.2, 0.25) is 0 Å². The second-order valence-corrected chi connectivity index (χ2v) is 7.28. The fourth-order valence-corrected chi connectivity index (χ4v) is 4.01. The first-order chi connectivity index (χ1) is 13.8. The molecular weight excluding hydrogens is 352 g/mol. The van der Waals surface area contributed by atoms with Crippen LogP contribution in [0.25, 0.3) is 0 Å². The van der Waals surface area contributed by atoms with Crippen molar-refractivity contribution < 1.29 is 4.79 Å². The van der Waals surface area contributed by atoms with Crippen LogP contribution in [0, 0.1) is 0 Å². The van der Waals surface area contributed by atoms with Crippen molar-refractivity contribution in [2.45, 2.75) is 44.7 Å². The number of piperidine rings is 1. The number of pyridine rings is 1. The number of likely N-dealkylation sites (tertiary alicyclic amines) is 1. The fraction of sp³-hybridized carbons (Fsp3) is 0.429. The van der Waals surface area contributed by atoms with Crippen LogP contribution < -0.4 is 0 Å². The van der Waals surface area contributed by atoms with Gasteiger partial charge >= 0.3 is 0 Å². The SMILES string of the molecule is CC[C@@H](C(=O)N1CCC(c2nccn2Cc2ccncc2)CC1)n1cccn1. The molecule has 0 aromatic carbocycles. The van der Waals surface area contributed by atoms with E-state index in [0.29, 0.717) is 5.92 Å². The van der Waals surface area contributed by atoms with Gasteiger partial charge in [-0.05, 0) is 43.0 Å². The lowest BCUT2D eigenvalue weighted by molar-refractivity contribution is -0.136. The van der Waals surface area contributed by atoms with Gasteiger partial charge in [-0.3, -0.25) is 14.5 Å². The maximum Gasteiger partial charge on any atom is 0.247 e. The first-order valence-electron chi connectivity index (χ1n) is 9.94. The Morgan fingerprint density at radius 1 is 1.14 bits per heavy atom. The zero-order valence-electron chi connectivity index (χ0n) is 16.2. The van der Waals surface area contributed by atoms with Crippen LogP contribution in [0.1, 0.15) is 49.5 Å². The Labute approximate surface area is 165 Å². The number of nitrogens with zero attached hydrogens (tertiary/aromatic N) is 6. The molecule has 7 heteroatoms. The van der Waals surface area contributed by atoms with E-state index in [2.05, 4.69) is 19.6 Å². The van der Waals surface area contributed by atoms with E-state index in [-0.39, 0.29) is 11.9 Å². The Bertz CT molecular complexity index is 881. The molecule has 7 nitrogen and oxygen atoms in total. The van der Waals surface area contributed by atoms with Gasteiger partial charge in [0, 0.05) is 62.7 Å². The normalized spacial score (nSPS) is 16.2. The van der Waals surface area contributed by atoms with Crippen molar-refractivity contribution in [1.29, 1.82) is 0 Å². The van der Waals surface area contributed by atoms with Crippen LogP contribution >= 0.6 is 0 Å². The van der Waals surface area contributed by atoms with Crippen LogP contribution in [0.4, 0.5) is 0 Å². The quantitative estimate of drug-likeness (QED) is 0.661. The number of carbonyl (C=O) groups is 1. The van der Waals surface area contributed by atoms with Gasteiger partial charge in [0.2, 0.25) is 5.91 Å². The zero-order valence-corrected chi connectivity index (χ0v) is 16.2. The third-order valence-electron chi connectivity index (χ3n) is 5.54. The van der Waals surface area contributed by atoms with Crippen molar-refractivity contribution in [1.82, 2.24) is 29.2 Å². The van der Waals surface area contributed by atoms with Crippen molar-refractivity contribution >= 4 is 5.91 Å². The standard InChI is InChI=1S/C21H26N6O/c1-2-19(27-12-3-8-24-27)21(28)25-13-6-18(7-14-25)20-23-11-15-26(20)16-17-4-9-22-10-5-17/h3-5,8-12,15,18-19H,2,6-7,13-14,16H2,1H3/t19-/m0/s1. The van der Waals surface area contributed by atoms with Crippen LogP contribution in [-0.4, -0.2) is 48.2 Å². The van der Waals surface area contributed by atoms with E-state index < -0.39 is 0 Å². The molecule has 1 saturated heterocycles. The Hall–Kier alpha value is -2.96. The molecule has 0 unspecified atom stereocenters. The molecule has 0 aliphatic carbocycles. The van der Waals surface area contributed by atoms with Gasteiger partial charge in [-0.2, -0.15) is 5.10 Å². The minimum absolute atomic E-state index is 0.171. The fourth-order valence-electron chi connectivity index (χ4n) is 4.01. The summed E-state index contributed by atoms with van der Waals surface area (Å²) in [7, 11) is 0. The summed E-state index contributed by atoms with van der Waals surface area (Å²) in [4.78, 5) is 23.7. The summed E-state index contributed by atoms with van der Waals surface area (Å²) in [6, 6.07) is 5.72. The highest BCUT2D eigenvalue weighted by Crippen LogP contribution is 2.29.